The summed E-state index contributed by atoms with van der Waals surface area (Å²) in [6.07, 6.45) is 1.17. The van der Waals surface area contributed by atoms with E-state index in [0.29, 0.717) is 35.2 Å². The van der Waals surface area contributed by atoms with Crippen LogP contribution in [0, 0.1) is 0 Å². The molecule has 1 saturated heterocycles. The molecule has 8 nitrogen and oxygen atoms in total. The van der Waals surface area contributed by atoms with Gasteiger partial charge in [0.25, 0.3) is 0 Å². The van der Waals surface area contributed by atoms with Crippen LogP contribution in [0.15, 0.2) is 12.1 Å². The van der Waals surface area contributed by atoms with Crippen molar-refractivity contribution < 1.29 is 17.9 Å². The van der Waals surface area contributed by atoms with Crippen LogP contribution in [0.2, 0.25) is 0 Å². The minimum absolute atomic E-state index is 0.00357. The number of nitrogens with zero attached hydrogens (tertiary/aromatic N) is 3. The molecule has 24 heavy (non-hydrogen) atoms. The first-order valence-electron chi connectivity index (χ1n) is 7.47. The van der Waals surface area contributed by atoms with Crippen molar-refractivity contribution in [3.05, 3.63) is 12.1 Å². The SMILES string of the molecule is CC1CNC(=O)N1c1nc2c3c(ccc2s1)OCCN3S(C)(=O)=O. The Labute approximate surface area is 143 Å². The molecule has 4 rings (SSSR count). The zero-order valence-electron chi connectivity index (χ0n) is 13.1. The molecule has 0 saturated carbocycles. The van der Waals surface area contributed by atoms with Crippen LogP contribution < -0.4 is 19.3 Å². The minimum Gasteiger partial charge on any atom is -0.489 e. The van der Waals surface area contributed by atoms with Gasteiger partial charge < -0.3 is 10.1 Å². The maximum atomic E-state index is 12.1. The Morgan fingerprint density at radius 1 is 1.42 bits per heavy atom. The van der Waals surface area contributed by atoms with Crippen molar-refractivity contribution in [2.45, 2.75) is 13.0 Å². The molecule has 0 aliphatic carbocycles. The molecule has 2 aromatic rings. The molecule has 1 atom stereocenters. The summed E-state index contributed by atoms with van der Waals surface area (Å²) in [5.41, 5.74) is 1.00. The standard InChI is InChI=1S/C14H16N4O4S2/c1-8-7-15-13(19)18(8)14-16-11-10(23-14)4-3-9-12(11)17(5-6-22-9)24(2,20)21/h3-4,8H,5-7H2,1-2H3,(H,15,19). The quantitative estimate of drug-likeness (QED) is 0.864. The second-order valence-corrected chi connectivity index (χ2v) is 8.76. The number of carbonyl (C=O) groups excluding carboxylic acids is 1. The lowest BCUT2D eigenvalue weighted by atomic mass is 10.2. The van der Waals surface area contributed by atoms with Crippen molar-refractivity contribution >= 4 is 48.4 Å². The zero-order chi connectivity index (χ0) is 17.1. The Morgan fingerprint density at radius 3 is 2.88 bits per heavy atom. The Morgan fingerprint density at radius 2 is 2.21 bits per heavy atom. The third kappa shape index (κ3) is 2.28. The molecule has 1 aromatic heterocycles. The molecule has 2 aliphatic rings. The summed E-state index contributed by atoms with van der Waals surface area (Å²) in [4.78, 5) is 18.2. The first kappa shape index (κ1) is 15.5. The number of nitrogens with one attached hydrogen (secondary N) is 1. The predicted octanol–water partition coefficient (Wildman–Crippen LogP) is 1.37. The highest BCUT2D eigenvalue weighted by molar-refractivity contribution is 7.92. The Kier molecular flexibility index (Phi) is 3.36. The molecule has 2 aliphatic heterocycles. The number of fused-ring (bicyclic) bond motifs is 3. The molecule has 1 N–H and O–H groups in total. The molecule has 2 amide bonds. The monoisotopic (exact) mass is 368 g/mol. The van der Waals surface area contributed by atoms with E-state index in [1.165, 1.54) is 21.9 Å². The summed E-state index contributed by atoms with van der Waals surface area (Å²) >= 11 is 1.36. The third-order valence-corrected chi connectivity index (χ3v) is 6.29. The number of rotatable bonds is 2. The van der Waals surface area contributed by atoms with Crippen LogP contribution in [0.3, 0.4) is 0 Å². The Bertz CT molecular complexity index is 940. The summed E-state index contributed by atoms with van der Waals surface area (Å²) in [6, 6.07) is 3.41. The fourth-order valence-corrected chi connectivity index (χ4v) is 4.96. The fraction of sp³-hybridized carbons (Fsp3) is 0.429. The number of ether oxygens (including phenoxy) is 1. The van der Waals surface area contributed by atoms with Gasteiger partial charge in [-0.25, -0.2) is 18.2 Å². The lowest BCUT2D eigenvalue weighted by molar-refractivity contribution is 0.252. The van der Waals surface area contributed by atoms with Crippen LogP contribution in [0.5, 0.6) is 5.75 Å². The van der Waals surface area contributed by atoms with Gasteiger partial charge >= 0.3 is 6.03 Å². The molecular weight excluding hydrogens is 352 g/mol. The van der Waals surface area contributed by atoms with Gasteiger partial charge in [0.2, 0.25) is 10.0 Å². The number of amides is 2. The van der Waals surface area contributed by atoms with Gasteiger partial charge in [0.15, 0.2) is 5.13 Å². The van der Waals surface area contributed by atoms with Gasteiger partial charge in [-0.2, -0.15) is 0 Å². The number of urea groups is 1. The fourth-order valence-electron chi connectivity index (χ4n) is 2.98. The van der Waals surface area contributed by atoms with E-state index in [4.69, 9.17) is 4.74 Å². The molecule has 10 heteroatoms. The second-order valence-electron chi connectivity index (χ2n) is 5.84. The molecule has 0 bridgehead atoms. The van der Waals surface area contributed by atoms with E-state index in [1.807, 2.05) is 13.0 Å². The number of hydrogen-bond donors (Lipinski definition) is 1. The number of benzene rings is 1. The highest BCUT2D eigenvalue weighted by atomic mass is 32.2. The maximum Gasteiger partial charge on any atom is 0.324 e. The number of anilines is 2. The van der Waals surface area contributed by atoms with Crippen LogP contribution in [-0.4, -0.2) is 51.4 Å². The normalized spacial score (nSPS) is 20.9. The van der Waals surface area contributed by atoms with Gasteiger partial charge in [-0.15, -0.1) is 0 Å². The molecule has 0 radical (unpaired) electrons. The van der Waals surface area contributed by atoms with E-state index < -0.39 is 10.0 Å². The number of aromatic nitrogens is 1. The van der Waals surface area contributed by atoms with Crippen LogP contribution in [-0.2, 0) is 10.0 Å². The Balaban J connectivity index is 1.91. The number of hydrogen-bond acceptors (Lipinski definition) is 6. The summed E-state index contributed by atoms with van der Waals surface area (Å²) in [5.74, 6) is 0.495. The average Bonchev–Trinajstić information content (AvgIpc) is 3.08. The first-order valence-corrected chi connectivity index (χ1v) is 10.1. The van der Waals surface area contributed by atoms with Gasteiger partial charge in [-0.3, -0.25) is 9.21 Å². The lowest BCUT2D eigenvalue weighted by Gasteiger charge is -2.29. The summed E-state index contributed by atoms with van der Waals surface area (Å²) in [5, 5.41) is 3.34. The van der Waals surface area contributed by atoms with Crippen LogP contribution in [0.4, 0.5) is 15.6 Å². The van der Waals surface area contributed by atoms with E-state index in [1.54, 1.807) is 11.0 Å². The number of carbonyl (C=O) groups is 1. The van der Waals surface area contributed by atoms with Gasteiger partial charge in [-0.05, 0) is 19.1 Å². The molecule has 3 heterocycles. The first-order chi connectivity index (χ1) is 11.4. The summed E-state index contributed by atoms with van der Waals surface area (Å²) < 4.78 is 32.0. The molecule has 128 valence electrons. The molecular formula is C14H16N4O4S2. The van der Waals surface area contributed by atoms with Crippen molar-refractivity contribution in [1.29, 1.82) is 0 Å². The molecule has 1 fully saturated rings. The molecule has 0 spiro atoms. The van der Waals surface area contributed by atoms with E-state index in [2.05, 4.69) is 10.3 Å². The lowest BCUT2D eigenvalue weighted by Crippen LogP contribution is -2.37. The van der Waals surface area contributed by atoms with Gasteiger partial charge in [-0.1, -0.05) is 11.3 Å². The summed E-state index contributed by atoms with van der Waals surface area (Å²) in [6.45, 7) is 3.04. The van der Waals surface area contributed by atoms with Crippen molar-refractivity contribution in [3.8, 4) is 5.75 Å². The maximum absolute atomic E-state index is 12.1. The van der Waals surface area contributed by atoms with Crippen LogP contribution >= 0.6 is 11.3 Å². The average molecular weight is 368 g/mol. The van der Waals surface area contributed by atoms with Crippen molar-refractivity contribution in [2.24, 2.45) is 0 Å². The van der Waals surface area contributed by atoms with Gasteiger partial charge in [0.05, 0.1) is 23.5 Å². The van der Waals surface area contributed by atoms with Gasteiger partial charge in [0, 0.05) is 6.54 Å². The van der Waals surface area contributed by atoms with E-state index in [0.717, 1.165) is 4.70 Å². The minimum atomic E-state index is -3.44. The van der Waals surface area contributed by atoms with Crippen molar-refractivity contribution in [1.82, 2.24) is 10.3 Å². The van der Waals surface area contributed by atoms with E-state index in [9.17, 15) is 13.2 Å². The Hall–Kier alpha value is -2.07. The highest BCUT2D eigenvalue weighted by Crippen LogP contribution is 2.43. The third-order valence-electron chi connectivity index (χ3n) is 4.10. The van der Waals surface area contributed by atoms with Crippen LogP contribution in [0.25, 0.3) is 10.2 Å². The van der Waals surface area contributed by atoms with Crippen LogP contribution in [0.1, 0.15) is 6.92 Å². The second kappa shape index (κ2) is 5.21. The van der Waals surface area contributed by atoms with Crippen molar-refractivity contribution in [3.63, 3.8) is 0 Å². The number of thiazole rings is 1. The van der Waals surface area contributed by atoms with Gasteiger partial charge in [0.1, 0.15) is 23.6 Å². The topological polar surface area (TPSA) is 91.8 Å². The molecule has 1 aromatic carbocycles. The van der Waals surface area contributed by atoms with Crippen molar-refractivity contribution in [2.75, 3.05) is 35.2 Å². The van der Waals surface area contributed by atoms with E-state index in [-0.39, 0.29) is 18.6 Å². The summed E-state index contributed by atoms with van der Waals surface area (Å²) in [7, 11) is -3.44. The largest absolute Gasteiger partial charge is 0.489 e. The highest BCUT2D eigenvalue weighted by Gasteiger charge is 2.33. The van der Waals surface area contributed by atoms with E-state index >= 15 is 0 Å². The molecule has 1 unspecified atom stereocenters. The zero-order valence-corrected chi connectivity index (χ0v) is 14.8. The smallest absolute Gasteiger partial charge is 0.324 e. The number of sulfonamides is 1. The predicted molar refractivity (Wildman–Crippen MR) is 92.6 cm³/mol.